The Labute approximate surface area is 177 Å². The molecule has 1 aromatic carbocycles. The SMILES string of the molecule is COC(=O)C(NC(=O)C1CC2CCC1(C)C[C@]21NC(=O)c2ccccc2N1)C(C)C. The van der Waals surface area contributed by atoms with Gasteiger partial charge in [0.15, 0.2) is 0 Å². The number of esters is 1. The van der Waals surface area contributed by atoms with Gasteiger partial charge in [-0.2, -0.15) is 0 Å². The zero-order valence-electron chi connectivity index (χ0n) is 18.1. The largest absolute Gasteiger partial charge is 0.467 e. The predicted octanol–water partition coefficient (Wildman–Crippen LogP) is 2.68. The second kappa shape index (κ2) is 7.29. The van der Waals surface area contributed by atoms with Gasteiger partial charge < -0.3 is 20.7 Å². The fourth-order valence-electron chi connectivity index (χ4n) is 5.73. The van der Waals surface area contributed by atoms with Gasteiger partial charge in [-0.25, -0.2) is 4.79 Å². The number of para-hydroxylation sites is 1. The van der Waals surface area contributed by atoms with Gasteiger partial charge in [0.05, 0.1) is 12.7 Å². The van der Waals surface area contributed by atoms with Crippen molar-refractivity contribution in [3.8, 4) is 0 Å². The number of methoxy groups -OCH3 is 1. The quantitative estimate of drug-likeness (QED) is 0.660. The Kier molecular flexibility index (Phi) is 5.03. The summed E-state index contributed by atoms with van der Waals surface area (Å²) in [6, 6.07) is 6.89. The van der Waals surface area contributed by atoms with E-state index in [0.29, 0.717) is 18.4 Å². The average Bonchev–Trinajstić information content (AvgIpc) is 2.70. The number of ether oxygens (including phenoxy) is 1. The molecule has 5 atom stereocenters. The second-order valence-electron chi connectivity index (χ2n) is 9.70. The molecule has 3 aliphatic carbocycles. The standard InChI is InChI=1S/C23H31N3O4/c1-13(2)18(21(29)30-4)24-20(28)16-11-14-9-10-22(16,3)12-23(14)25-17-8-6-5-7-15(17)19(27)26-23/h5-8,13-14,16,18,25H,9-12H2,1-4H3,(H,24,28)(H,26,27)/t14?,16?,18?,22?,23-/m0/s1. The molecule has 7 heteroatoms. The third-order valence-electron chi connectivity index (χ3n) is 7.41. The highest BCUT2D eigenvalue weighted by Crippen LogP contribution is 2.58. The average molecular weight is 414 g/mol. The molecule has 30 heavy (non-hydrogen) atoms. The molecule has 5 rings (SSSR count). The van der Waals surface area contributed by atoms with E-state index < -0.39 is 17.7 Å². The lowest BCUT2D eigenvalue weighted by atomic mass is 9.51. The normalized spacial score (nSPS) is 32.8. The third kappa shape index (κ3) is 3.24. The van der Waals surface area contributed by atoms with Crippen molar-refractivity contribution >= 4 is 23.5 Å². The Hall–Kier alpha value is -2.57. The molecule has 1 aromatic rings. The molecule has 2 amide bonds. The van der Waals surface area contributed by atoms with Crippen LogP contribution in [0.2, 0.25) is 0 Å². The highest BCUT2D eigenvalue weighted by atomic mass is 16.5. The highest BCUT2D eigenvalue weighted by Gasteiger charge is 2.60. The van der Waals surface area contributed by atoms with Gasteiger partial charge in [0.25, 0.3) is 5.91 Å². The molecular weight excluding hydrogens is 382 g/mol. The van der Waals surface area contributed by atoms with E-state index >= 15 is 0 Å². The molecule has 0 saturated heterocycles. The molecule has 4 unspecified atom stereocenters. The molecule has 4 aliphatic rings. The topological polar surface area (TPSA) is 96.5 Å². The Morgan fingerprint density at radius 2 is 1.97 bits per heavy atom. The number of benzene rings is 1. The lowest BCUT2D eigenvalue weighted by molar-refractivity contribution is -0.150. The van der Waals surface area contributed by atoms with Crippen molar-refractivity contribution in [2.75, 3.05) is 12.4 Å². The van der Waals surface area contributed by atoms with E-state index in [1.165, 1.54) is 7.11 Å². The lowest BCUT2D eigenvalue weighted by Gasteiger charge is -2.60. The van der Waals surface area contributed by atoms with Crippen LogP contribution in [0.5, 0.6) is 0 Å². The van der Waals surface area contributed by atoms with Crippen LogP contribution >= 0.6 is 0 Å². The number of nitrogens with one attached hydrogen (secondary N) is 3. The van der Waals surface area contributed by atoms with E-state index in [9.17, 15) is 14.4 Å². The van der Waals surface area contributed by atoms with Crippen molar-refractivity contribution in [2.24, 2.45) is 23.2 Å². The lowest BCUT2D eigenvalue weighted by Crippen LogP contribution is -2.70. The predicted molar refractivity (Wildman–Crippen MR) is 113 cm³/mol. The molecule has 0 aromatic heterocycles. The van der Waals surface area contributed by atoms with Gasteiger partial charge in [0, 0.05) is 17.5 Å². The molecule has 1 heterocycles. The number of amides is 2. The van der Waals surface area contributed by atoms with Gasteiger partial charge in [-0.1, -0.05) is 32.9 Å². The van der Waals surface area contributed by atoms with Crippen molar-refractivity contribution in [1.82, 2.24) is 10.6 Å². The Morgan fingerprint density at radius 3 is 2.63 bits per heavy atom. The van der Waals surface area contributed by atoms with Crippen LogP contribution in [0.3, 0.4) is 0 Å². The van der Waals surface area contributed by atoms with E-state index in [4.69, 9.17) is 4.74 Å². The number of anilines is 1. The summed E-state index contributed by atoms with van der Waals surface area (Å²) >= 11 is 0. The van der Waals surface area contributed by atoms with Gasteiger partial charge in [0.1, 0.15) is 11.7 Å². The first-order valence-corrected chi connectivity index (χ1v) is 10.8. The third-order valence-corrected chi connectivity index (χ3v) is 7.41. The summed E-state index contributed by atoms with van der Waals surface area (Å²) in [7, 11) is 1.34. The summed E-state index contributed by atoms with van der Waals surface area (Å²) in [5.41, 5.74) is 0.698. The van der Waals surface area contributed by atoms with Crippen LogP contribution < -0.4 is 16.0 Å². The summed E-state index contributed by atoms with van der Waals surface area (Å²) < 4.78 is 4.87. The van der Waals surface area contributed by atoms with Crippen LogP contribution in [-0.2, 0) is 14.3 Å². The van der Waals surface area contributed by atoms with Crippen molar-refractivity contribution in [3.05, 3.63) is 29.8 Å². The maximum absolute atomic E-state index is 13.2. The number of hydrogen-bond acceptors (Lipinski definition) is 5. The van der Waals surface area contributed by atoms with E-state index in [0.717, 1.165) is 18.5 Å². The van der Waals surface area contributed by atoms with E-state index in [1.54, 1.807) is 0 Å². The minimum Gasteiger partial charge on any atom is -0.467 e. The molecule has 162 valence electrons. The van der Waals surface area contributed by atoms with Gasteiger partial charge in [-0.3, -0.25) is 9.59 Å². The summed E-state index contributed by atoms with van der Waals surface area (Å²) in [4.78, 5) is 38.1. The van der Waals surface area contributed by atoms with Crippen LogP contribution in [0, 0.1) is 23.2 Å². The maximum Gasteiger partial charge on any atom is 0.328 e. The number of hydrogen-bond donors (Lipinski definition) is 3. The number of fused-ring (bicyclic) bond motifs is 3. The van der Waals surface area contributed by atoms with Crippen LogP contribution in [-0.4, -0.2) is 36.6 Å². The van der Waals surface area contributed by atoms with Crippen molar-refractivity contribution in [2.45, 2.75) is 58.2 Å². The maximum atomic E-state index is 13.2. The van der Waals surface area contributed by atoms with Crippen LogP contribution in [0.4, 0.5) is 5.69 Å². The van der Waals surface area contributed by atoms with Gasteiger partial charge in [0.2, 0.25) is 5.91 Å². The summed E-state index contributed by atoms with van der Waals surface area (Å²) in [5, 5.41) is 9.78. The fourth-order valence-corrected chi connectivity index (χ4v) is 5.73. The zero-order valence-corrected chi connectivity index (χ0v) is 18.1. The Bertz CT molecular complexity index is 885. The summed E-state index contributed by atoms with van der Waals surface area (Å²) in [6.45, 7) is 5.92. The van der Waals surface area contributed by atoms with E-state index in [1.807, 2.05) is 38.1 Å². The zero-order chi connectivity index (χ0) is 21.7. The summed E-state index contributed by atoms with van der Waals surface area (Å²) in [6.07, 6.45) is 3.21. The minimum atomic E-state index is -0.653. The van der Waals surface area contributed by atoms with Crippen LogP contribution in [0.15, 0.2) is 24.3 Å². The highest BCUT2D eigenvalue weighted by molar-refractivity contribution is 6.02. The molecular formula is C23H31N3O4. The molecule has 3 saturated carbocycles. The van der Waals surface area contributed by atoms with Crippen molar-refractivity contribution in [1.29, 1.82) is 0 Å². The molecule has 3 fully saturated rings. The molecule has 3 N–H and O–H groups in total. The van der Waals surface area contributed by atoms with Gasteiger partial charge >= 0.3 is 5.97 Å². The van der Waals surface area contributed by atoms with Crippen molar-refractivity contribution < 1.29 is 19.1 Å². The van der Waals surface area contributed by atoms with Gasteiger partial charge in [-0.05, 0) is 49.1 Å². The minimum absolute atomic E-state index is 0.0582. The smallest absolute Gasteiger partial charge is 0.328 e. The number of carbonyl (C=O) groups excluding carboxylic acids is 3. The molecule has 7 nitrogen and oxygen atoms in total. The van der Waals surface area contributed by atoms with Crippen molar-refractivity contribution in [3.63, 3.8) is 0 Å². The van der Waals surface area contributed by atoms with E-state index in [2.05, 4.69) is 22.9 Å². The van der Waals surface area contributed by atoms with Gasteiger partial charge in [-0.15, -0.1) is 0 Å². The first kappa shape index (κ1) is 20.7. The molecule has 0 radical (unpaired) electrons. The molecule has 1 aliphatic heterocycles. The Morgan fingerprint density at radius 1 is 1.23 bits per heavy atom. The summed E-state index contributed by atoms with van der Waals surface area (Å²) in [5.74, 6) is -0.696. The molecule has 1 spiro atoms. The van der Waals surface area contributed by atoms with E-state index in [-0.39, 0.29) is 35.0 Å². The Balaban J connectivity index is 1.56. The number of carbonyl (C=O) groups is 3. The first-order chi connectivity index (χ1) is 14.2. The first-order valence-electron chi connectivity index (χ1n) is 10.8. The second-order valence-corrected chi connectivity index (χ2v) is 9.70. The monoisotopic (exact) mass is 413 g/mol. The number of rotatable bonds is 4. The van der Waals surface area contributed by atoms with Crippen LogP contribution in [0.1, 0.15) is 56.8 Å². The molecule has 2 bridgehead atoms. The fraction of sp³-hybridized carbons (Fsp3) is 0.609. The van der Waals surface area contributed by atoms with Crippen LogP contribution in [0.25, 0.3) is 0 Å².